The van der Waals surface area contributed by atoms with Crippen LogP contribution in [0.1, 0.15) is 17.5 Å². The lowest BCUT2D eigenvalue weighted by Gasteiger charge is -2.10. The minimum absolute atomic E-state index is 0.0412. The van der Waals surface area contributed by atoms with Gasteiger partial charge in [-0.3, -0.25) is 4.79 Å². The molecule has 0 spiro atoms. The highest BCUT2D eigenvalue weighted by Gasteiger charge is 2.05. The van der Waals surface area contributed by atoms with Crippen molar-refractivity contribution in [3.8, 4) is 11.5 Å². The van der Waals surface area contributed by atoms with E-state index in [0.29, 0.717) is 6.54 Å². The zero-order valence-electron chi connectivity index (χ0n) is 13.7. The van der Waals surface area contributed by atoms with Gasteiger partial charge in [-0.05, 0) is 43.0 Å². The summed E-state index contributed by atoms with van der Waals surface area (Å²) in [6.07, 6.45) is 1.72. The maximum Gasteiger partial charge on any atom is 0.257 e. The standard InChI is InChI=1S/C19H23NO3/c1-15-8-3-5-11-17(15)23-14-19(21)20-13-7-10-16-9-4-6-12-18(16)22-2/h3-6,8-9,11-12H,7,10,13-14H2,1-2H3,(H,20,21). The van der Waals surface area contributed by atoms with Gasteiger partial charge in [0.2, 0.25) is 0 Å². The van der Waals surface area contributed by atoms with E-state index in [-0.39, 0.29) is 12.5 Å². The Kier molecular flexibility index (Phi) is 6.48. The zero-order valence-corrected chi connectivity index (χ0v) is 13.7. The highest BCUT2D eigenvalue weighted by Crippen LogP contribution is 2.18. The molecule has 1 amide bonds. The van der Waals surface area contributed by atoms with Gasteiger partial charge < -0.3 is 14.8 Å². The molecule has 4 heteroatoms. The molecule has 0 aliphatic heterocycles. The van der Waals surface area contributed by atoms with Crippen LogP contribution in [0, 0.1) is 6.92 Å². The van der Waals surface area contributed by atoms with E-state index in [1.807, 2.05) is 55.5 Å². The largest absolute Gasteiger partial charge is 0.496 e. The molecule has 0 heterocycles. The number of ether oxygens (including phenoxy) is 2. The van der Waals surface area contributed by atoms with Crippen molar-refractivity contribution in [1.29, 1.82) is 0 Å². The lowest BCUT2D eigenvalue weighted by molar-refractivity contribution is -0.123. The number of carbonyl (C=O) groups excluding carboxylic acids is 1. The van der Waals surface area contributed by atoms with Crippen molar-refractivity contribution >= 4 is 5.91 Å². The van der Waals surface area contributed by atoms with Gasteiger partial charge in [0.15, 0.2) is 6.61 Å². The molecule has 122 valence electrons. The van der Waals surface area contributed by atoms with Crippen LogP contribution in [-0.2, 0) is 11.2 Å². The summed E-state index contributed by atoms with van der Waals surface area (Å²) in [5.41, 5.74) is 2.18. The SMILES string of the molecule is COc1ccccc1CCCNC(=O)COc1ccccc1C. The summed E-state index contributed by atoms with van der Waals surface area (Å²) in [7, 11) is 1.67. The molecule has 0 atom stereocenters. The molecule has 0 fully saturated rings. The molecular weight excluding hydrogens is 290 g/mol. The highest BCUT2D eigenvalue weighted by atomic mass is 16.5. The highest BCUT2D eigenvalue weighted by molar-refractivity contribution is 5.77. The van der Waals surface area contributed by atoms with Gasteiger partial charge in [-0.1, -0.05) is 36.4 Å². The van der Waals surface area contributed by atoms with Crippen molar-refractivity contribution < 1.29 is 14.3 Å². The molecule has 0 bridgehead atoms. The number of aryl methyl sites for hydroxylation is 2. The molecule has 0 aromatic heterocycles. The second-order valence-corrected chi connectivity index (χ2v) is 5.32. The van der Waals surface area contributed by atoms with E-state index in [4.69, 9.17) is 9.47 Å². The van der Waals surface area contributed by atoms with Gasteiger partial charge in [0.25, 0.3) is 5.91 Å². The van der Waals surface area contributed by atoms with E-state index in [1.54, 1.807) is 7.11 Å². The van der Waals surface area contributed by atoms with Crippen LogP contribution >= 0.6 is 0 Å². The third-order valence-corrected chi connectivity index (χ3v) is 3.59. The van der Waals surface area contributed by atoms with Gasteiger partial charge >= 0.3 is 0 Å². The van der Waals surface area contributed by atoms with Crippen LogP contribution in [0.3, 0.4) is 0 Å². The molecule has 0 aliphatic carbocycles. The van der Waals surface area contributed by atoms with Crippen LogP contribution in [0.25, 0.3) is 0 Å². The second kappa shape index (κ2) is 8.83. The van der Waals surface area contributed by atoms with Crippen LogP contribution in [0.15, 0.2) is 48.5 Å². The Bertz CT molecular complexity index is 640. The van der Waals surface area contributed by atoms with Crippen LogP contribution in [-0.4, -0.2) is 26.2 Å². The van der Waals surface area contributed by atoms with Gasteiger partial charge in [0, 0.05) is 6.54 Å². The Labute approximate surface area is 137 Å². The smallest absolute Gasteiger partial charge is 0.257 e. The summed E-state index contributed by atoms with van der Waals surface area (Å²) in [5, 5.41) is 2.88. The minimum Gasteiger partial charge on any atom is -0.496 e. The first-order valence-electron chi connectivity index (χ1n) is 7.77. The number of amides is 1. The predicted octanol–water partition coefficient (Wildman–Crippen LogP) is 3.13. The fourth-order valence-corrected chi connectivity index (χ4v) is 2.33. The van der Waals surface area contributed by atoms with E-state index >= 15 is 0 Å². The van der Waals surface area contributed by atoms with Crippen LogP contribution in [0.2, 0.25) is 0 Å². The van der Waals surface area contributed by atoms with Crippen molar-refractivity contribution in [2.24, 2.45) is 0 Å². The lowest BCUT2D eigenvalue weighted by atomic mass is 10.1. The summed E-state index contributed by atoms with van der Waals surface area (Å²) < 4.78 is 10.8. The minimum atomic E-state index is -0.103. The second-order valence-electron chi connectivity index (χ2n) is 5.32. The van der Waals surface area contributed by atoms with E-state index in [1.165, 1.54) is 0 Å². The van der Waals surface area contributed by atoms with Gasteiger partial charge in [-0.2, -0.15) is 0 Å². The fourth-order valence-electron chi connectivity index (χ4n) is 2.33. The maximum absolute atomic E-state index is 11.8. The molecule has 4 nitrogen and oxygen atoms in total. The number of carbonyl (C=O) groups is 1. The molecular formula is C19H23NO3. The molecule has 1 N–H and O–H groups in total. The third kappa shape index (κ3) is 5.33. The summed E-state index contributed by atoms with van der Waals surface area (Å²) in [5.74, 6) is 1.53. The maximum atomic E-state index is 11.8. The van der Waals surface area contributed by atoms with E-state index in [9.17, 15) is 4.79 Å². The Morgan fingerprint density at radius 2 is 1.74 bits per heavy atom. The number of nitrogens with one attached hydrogen (secondary N) is 1. The van der Waals surface area contributed by atoms with Crippen molar-refractivity contribution in [1.82, 2.24) is 5.32 Å². The molecule has 0 saturated carbocycles. The molecule has 0 aliphatic rings. The number of hydrogen-bond acceptors (Lipinski definition) is 3. The van der Waals surface area contributed by atoms with Crippen molar-refractivity contribution in [2.45, 2.75) is 19.8 Å². The molecule has 0 radical (unpaired) electrons. The number of rotatable bonds is 8. The zero-order chi connectivity index (χ0) is 16.5. The molecule has 23 heavy (non-hydrogen) atoms. The average Bonchev–Trinajstić information content (AvgIpc) is 2.58. The summed E-state index contributed by atoms with van der Waals surface area (Å²) in [4.78, 5) is 11.8. The molecule has 2 aromatic rings. The van der Waals surface area contributed by atoms with Crippen LogP contribution < -0.4 is 14.8 Å². The van der Waals surface area contributed by atoms with Crippen molar-refractivity contribution in [3.63, 3.8) is 0 Å². The normalized spacial score (nSPS) is 10.2. The Morgan fingerprint density at radius 3 is 2.48 bits per heavy atom. The average molecular weight is 313 g/mol. The van der Waals surface area contributed by atoms with E-state index in [0.717, 1.165) is 35.5 Å². The van der Waals surface area contributed by atoms with Crippen LogP contribution in [0.5, 0.6) is 11.5 Å². The number of benzene rings is 2. The van der Waals surface area contributed by atoms with Crippen molar-refractivity contribution in [2.75, 3.05) is 20.3 Å². The van der Waals surface area contributed by atoms with Gasteiger partial charge in [-0.25, -0.2) is 0 Å². The van der Waals surface area contributed by atoms with Gasteiger partial charge in [-0.15, -0.1) is 0 Å². The third-order valence-electron chi connectivity index (χ3n) is 3.59. The van der Waals surface area contributed by atoms with E-state index < -0.39 is 0 Å². The lowest BCUT2D eigenvalue weighted by Crippen LogP contribution is -2.30. The summed E-state index contributed by atoms with van der Waals surface area (Å²) >= 11 is 0. The molecule has 2 aromatic carbocycles. The number of hydrogen-bond donors (Lipinski definition) is 1. The molecule has 2 rings (SSSR count). The quantitative estimate of drug-likeness (QED) is 0.762. The van der Waals surface area contributed by atoms with Crippen LogP contribution in [0.4, 0.5) is 0 Å². The Balaban J connectivity index is 1.68. The molecule has 0 saturated heterocycles. The summed E-state index contributed by atoms with van der Waals surface area (Å²) in [6.45, 7) is 2.62. The Morgan fingerprint density at radius 1 is 1.04 bits per heavy atom. The predicted molar refractivity (Wildman–Crippen MR) is 91.0 cm³/mol. The first-order chi connectivity index (χ1) is 11.2. The topological polar surface area (TPSA) is 47.6 Å². The summed E-state index contributed by atoms with van der Waals surface area (Å²) in [6, 6.07) is 15.6. The first kappa shape index (κ1) is 16.9. The number of para-hydroxylation sites is 2. The van der Waals surface area contributed by atoms with Crippen molar-refractivity contribution in [3.05, 3.63) is 59.7 Å². The fraction of sp³-hybridized carbons (Fsp3) is 0.316. The van der Waals surface area contributed by atoms with E-state index in [2.05, 4.69) is 5.32 Å². The van der Waals surface area contributed by atoms with Gasteiger partial charge in [0.1, 0.15) is 11.5 Å². The van der Waals surface area contributed by atoms with Gasteiger partial charge in [0.05, 0.1) is 7.11 Å². The molecule has 0 unspecified atom stereocenters. The number of methoxy groups -OCH3 is 1. The first-order valence-corrected chi connectivity index (χ1v) is 7.77. The monoisotopic (exact) mass is 313 g/mol. The Hall–Kier alpha value is -2.49.